The highest BCUT2D eigenvalue weighted by atomic mass is 19.1. The third-order valence-corrected chi connectivity index (χ3v) is 5.41. The molecule has 6 heteroatoms. The van der Waals surface area contributed by atoms with Gasteiger partial charge in [0.15, 0.2) is 0 Å². The van der Waals surface area contributed by atoms with Crippen LogP contribution in [0.3, 0.4) is 0 Å². The molecule has 5 nitrogen and oxygen atoms in total. The molecule has 0 saturated heterocycles. The Morgan fingerprint density at radius 1 is 1.03 bits per heavy atom. The minimum atomic E-state index is -0.422. The van der Waals surface area contributed by atoms with Gasteiger partial charge in [0.1, 0.15) is 5.82 Å². The molecule has 1 amide bonds. The molecule has 0 atom stereocenters. The lowest BCUT2D eigenvalue weighted by molar-refractivity contribution is 0.120. The fourth-order valence-corrected chi connectivity index (χ4v) is 4.13. The van der Waals surface area contributed by atoms with E-state index >= 15 is 0 Å². The van der Waals surface area contributed by atoms with E-state index in [4.69, 9.17) is 9.84 Å². The van der Waals surface area contributed by atoms with Gasteiger partial charge in [-0.1, -0.05) is 24.3 Å². The first-order chi connectivity index (χ1) is 14.4. The first kappa shape index (κ1) is 20.1. The highest BCUT2D eigenvalue weighted by molar-refractivity contribution is 5.81. The number of carbonyl (C=O) groups is 1. The molecule has 0 spiro atoms. The zero-order valence-electron chi connectivity index (χ0n) is 17.7. The molecule has 30 heavy (non-hydrogen) atoms. The Morgan fingerprint density at radius 3 is 2.37 bits per heavy atom. The third kappa shape index (κ3) is 3.58. The summed E-state index contributed by atoms with van der Waals surface area (Å²) in [6, 6.07) is 14.1. The molecular formula is C24H26FN3O2. The van der Waals surface area contributed by atoms with Crippen LogP contribution in [0.1, 0.15) is 39.0 Å². The lowest BCUT2D eigenvalue weighted by atomic mass is 9.90. The van der Waals surface area contributed by atoms with Crippen LogP contribution in [0, 0.1) is 5.82 Å². The number of aryl methyl sites for hydroxylation is 2. The lowest BCUT2D eigenvalue weighted by Gasteiger charge is -2.29. The molecule has 2 aromatic carbocycles. The highest BCUT2D eigenvalue weighted by Gasteiger charge is 2.30. The standard InChI is InChI=1S/C24H26FN3O2/c1-15(2)27(16(3)4)24(29)30-23-22-20-8-6-5-7-17(20)9-14-21(22)26-28(23)19-12-10-18(25)11-13-19/h5-8,10-13,15-16H,9,14H2,1-4H3. The van der Waals surface area contributed by atoms with E-state index in [1.54, 1.807) is 21.7 Å². The van der Waals surface area contributed by atoms with E-state index in [9.17, 15) is 9.18 Å². The molecule has 3 aromatic rings. The number of ether oxygens (including phenoxy) is 1. The number of carbonyl (C=O) groups excluding carboxylic acids is 1. The van der Waals surface area contributed by atoms with Crippen molar-refractivity contribution in [1.82, 2.24) is 14.7 Å². The Labute approximate surface area is 176 Å². The van der Waals surface area contributed by atoms with Crippen molar-refractivity contribution in [3.63, 3.8) is 0 Å². The first-order valence-corrected chi connectivity index (χ1v) is 10.3. The van der Waals surface area contributed by atoms with Crippen LogP contribution in [0.2, 0.25) is 0 Å². The molecule has 156 valence electrons. The second-order valence-electron chi connectivity index (χ2n) is 8.13. The molecule has 0 radical (unpaired) electrons. The lowest BCUT2D eigenvalue weighted by Crippen LogP contribution is -2.44. The van der Waals surface area contributed by atoms with Crippen LogP contribution in [-0.2, 0) is 12.8 Å². The summed E-state index contributed by atoms with van der Waals surface area (Å²) in [5.74, 6) is 0.0467. The predicted molar refractivity (Wildman–Crippen MR) is 115 cm³/mol. The summed E-state index contributed by atoms with van der Waals surface area (Å²) in [5, 5.41) is 4.75. The quantitative estimate of drug-likeness (QED) is 0.582. The Bertz CT molecular complexity index is 1060. The molecule has 1 aliphatic carbocycles. The molecule has 0 saturated carbocycles. The number of rotatable bonds is 4. The van der Waals surface area contributed by atoms with Crippen LogP contribution >= 0.6 is 0 Å². The fraction of sp³-hybridized carbons (Fsp3) is 0.333. The topological polar surface area (TPSA) is 47.4 Å². The molecule has 1 aliphatic rings. The normalized spacial score (nSPS) is 12.6. The summed E-state index contributed by atoms with van der Waals surface area (Å²) in [7, 11) is 0. The summed E-state index contributed by atoms with van der Waals surface area (Å²) in [6.45, 7) is 7.85. The molecule has 0 unspecified atom stereocenters. The number of halogens is 1. The molecule has 1 heterocycles. The molecule has 1 aromatic heterocycles. The van der Waals surface area contributed by atoms with Crippen LogP contribution < -0.4 is 4.74 Å². The van der Waals surface area contributed by atoms with E-state index in [2.05, 4.69) is 6.07 Å². The number of amides is 1. The van der Waals surface area contributed by atoms with Crippen LogP contribution in [0.25, 0.3) is 16.8 Å². The van der Waals surface area contributed by atoms with Crippen molar-refractivity contribution in [3.8, 4) is 22.7 Å². The van der Waals surface area contributed by atoms with Gasteiger partial charge in [0.05, 0.1) is 16.9 Å². The number of benzene rings is 2. The van der Waals surface area contributed by atoms with Gasteiger partial charge in [-0.3, -0.25) is 0 Å². The highest BCUT2D eigenvalue weighted by Crippen LogP contribution is 2.41. The second kappa shape index (κ2) is 7.94. The van der Waals surface area contributed by atoms with E-state index in [1.807, 2.05) is 45.9 Å². The van der Waals surface area contributed by atoms with Gasteiger partial charge >= 0.3 is 6.09 Å². The molecule has 4 rings (SSSR count). The predicted octanol–water partition coefficient (Wildman–Crippen LogP) is 5.39. The van der Waals surface area contributed by atoms with Crippen LogP contribution in [0.5, 0.6) is 5.88 Å². The van der Waals surface area contributed by atoms with Crippen molar-refractivity contribution in [2.24, 2.45) is 0 Å². The van der Waals surface area contributed by atoms with E-state index in [-0.39, 0.29) is 17.9 Å². The van der Waals surface area contributed by atoms with Crippen molar-refractivity contribution < 1.29 is 13.9 Å². The minimum absolute atomic E-state index is 0.0113. The van der Waals surface area contributed by atoms with Gasteiger partial charge in [-0.05, 0) is 75.9 Å². The number of aromatic nitrogens is 2. The van der Waals surface area contributed by atoms with Crippen molar-refractivity contribution in [3.05, 3.63) is 65.6 Å². The maximum atomic E-state index is 13.5. The SMILES string of the molecule is CC(C)N(C(=O)Oc1c2c(nn1-c1ccc(F)cc1)CCc1ccccc1-2)C(C)C. The monoisotopic (exact) mass is 407 g/mol. The first-order valence-electron chi connectivity index (χ1n) is 10.3. The number of hydrogen-bond donors (Lipinski definition) is 0. The second-order valence-corrected chi connectivity index (χ2v) is 8.13. The maximum Gasteiger partial charge on any atom is 0.417 e. The van der Waals surface area contributed by atoms with Crippen molar-refractivity contribution in [2.75, 3.05) is 0 Å². The molecule has 0 N–H and O–H groups in total. The zero-order chi connectivity index (χ0) is 21.4. The van der Waals surface area contributed by atoms with Gasteiger partial charge in [0, 0.05) is 12.1 Å². The average molecular weight is 407 g/mol. The van der Waals surface area contributed by atoms with Crippen molar-refractivity contribution >= 4 is 6.09 Å². The summed E-state index contributed by atoms with van der Waals surface area (Å²) >= 11 is 0. The molecule has 0 aliphatic heterocycles. The fourth-order valence-electron chi connectivity index (χ4n) is 4.13. The number of fused-ring (bicyclic) bond motifs is 3. The number of nitrogens with zero attached hydrogens (tertiary/aromatic N) is 3. The van der Waals surface area contributed by atoms with Crippen LogP contribution in [-0.4, -0.2) is 32.9 Å². The zero-order valence-corrected chi connectivity index (χ0v) is 17.7. The third-order valence-electron chi connectivity index (χ3n) is 5.41. The van der Waals surface area contributed by atoms with Gasteiger partial charge in [0.25, 0.3) is 0 Å². The Hall–Kier alpha value is -3.15. The average Bonchev–Trinajstić information content (AvgIpc) is 3.06. The Balaban J connectivity index is 1.86. The van der Waals surface area contributed by atoms with Crippen molar-refractivity contribution in [1.29, 1.82) is 0 Å². The van der Waals surface area contributed by atoms with Crippen LogP contribution in [0.4, 0.5) is 9.18 Å². The smallest absolute Gasteiger partial charge is 0.390 e. The van der Waals surface area contributed by atoms with E-state index in [1.165, 1.54) is 17.7 Å². The van der Waals surface area contributed by atoms with Gasteiger partial charge in [-0.2, -0.15) is 9.78 Å². The van der Waals surface area contributed by atoms with Crippen LogP contribution in [0.15, 0.2) is 48.5 Å². The Kier molecular flexibility index (Phi) is 5.33. The van der Waals surface area contributed by atoms with Gasteiger partial charge < -0.3 is 9.64 Å². The largest absolute Gasteiger partial charge is 0.417 e. The maximum absolute atomic E-state index is 13.5. The number of hydrogen-bond acceptors (Lipinski definition) is 3. The molecule has 0 fully saturated rings. The minimum Gasteiger partial charge on any atom is -0.390 e. The molecule has 0 bridgehead atoms. The van der Waals surface area contributed by atoms with Gasteiger partial charge in [-0.15, -0.1) is 0 Å². The van der Waals surface area contributed by atoms with Crippen molar-refractivity contribution in [2.45, 2.75) is 52.6 Å². The Morgan fingerprint density at radius 2 is 1.70 bits per heavy atom. The van der Waals surface area contributed by atoms with E-state index in [0.29, 0.717) is 11.6 Å². The summed E-state index contributed by atoms with van der Waals surface area (Å²) in [4.78, 5) is 14.8. The summed E-state index contributed by atoms with van der Waals surface area (Å²) in [5.41, 5.74) is 4.58. The van der Waals surface area contributed by atoms with E-state index in [0.717, 1.165) is 29.7 Å². The van der Waals surface area contributed by atoms with Gasteiger partial charge in [-0.25, -0.2) is 9.18 Å². The summed E-state index contributed by atoms with van der Waals surface area (Å²) in [6.07, 6.45) is 1.21. The van der Waals surface area contributed by atoms with Gasteiger partial charge in [0.2, 0.25) is 5.88 Å². The van der Waals surface area contributed by atoms with E-state index < -0.39 is 6.09 Å². The summed E-state index contributed by atoms with van der Waals surface area (Å²) < 4.78 is 21.1. The molecular weight excluding hydrogens is 381 g/mol.